The van der Waals surface area contributed by atoms with Gasteiger partial charge < -0.3 is 10.2 Å². The van der Waals surface area contributed by atoms with Crippen molar-refractivity contribution in [3.05, 3.63) is 42.1 Å². The number of hydrogen-bond donors (Lipinski definition) is 1. The van der Waals surface area contributed by atoms with Gasteiger partial charge in [0, 0.05) is 31.3 Å². The van der Waals surface area contributed by atoms with E-state index < -0.39 is 0 Å². The zero-order chi connectivity index (χ0) is 17.5. The Morgan fingerprint density at radius 1 is 1.21 bits per heavy atom. The zero-order valence-electron chi connectivity index (χ0n) is 14.9. The molecular formula is C19H26N4O. The lowest BCUT2D eigenvalue weighted by Crippen LogP contribution is -2.31. The van der Waals surface area contributed by atoms with E-state index in [1.807, 2.05) is 51.2 Å². The highest BCUT2D eigenvalue weighted by Gasteiger charge is 2.15. The number of anilines is 1. The first kappa shape index (κ1) is 17.9. The Morgan fingerprint density at radius 3 is 2.54 bits per heavy atom. The minimum absolute atomic E-state index is 0.0638. The van der Waals surface area contributed by atoms with Gasteiger partial charge in [-0.1, -0.05) is 43.7 Å². The van der Waals surface area contributed by atoms with Crippen molar-refractivity contribution in [2.75, 3.05) is 18.5 Å². The first-order valence-corrected chi connectivity index (χ1v) is 8.47. The van der Waals surface area contributed by atoms with Crippen LogP contribution in [-0.4, -0.2) is 35.5 Å². The quantitative estimate of drug-likeness (QED) is 0.846. The molecule has 2 aromatic rings. The van der Waals surface area contributed by atoms with Gasteiger partial charge in [0.15, 0.2) is 5.82 Å². The highest BCUT2D eigenvalue weighted by Crippen LogP contribution is 2.20. The number of nitrogens with one attached hydrogen (secondary N) is 1. The highest BCUT2D eigenvalue weighted by molar-refractivity contribution is 5.93. The van der Waals surface area contributed by atoms with Crippen LogP contribution in [0.2, 0.25) is 0 Å². The fraction of sp³-hybridized carbons (Fsp3) is 0.421. The summed E-state index contributed by atoms with van der Waals surface area (Å²) in [5, 5.41) is 2.90. The Labute approximate surface area is 144 Å². The van der Waals surface area contributed by atoms with Crippen molar-refractivity contribution in [2.24, 2.45) is 0 Å². The van der Waals surface area contributed by atoms with Crippen molar-refractivity contribution >= 4 is 11.7 Å². The van der Waals surface area contributed by atoms with E-state index in [0.717, 1.165) is 30.8 Å². The number of amides is 1. The van der Waals surface area contributed by atoms with Gasteiger partial charge in [-0.2, -0.15) is 0 Å². The third-order valence-corrected chi connectivity index (χ3v) is 3.64. The monoisotopic (exact) mass is 326 g/mol. The molecule has 1 amide bonds. The van der Waals surface area contributed by atoms with Crippen LogP contribution in [0.1, 0.15) is 44.1 Å². The summed E-state index contributed by atoms with van der Waals surface area (Å²) in [7, 11) is 2.00. The van der Waals surface area contributed by atoms with Crippen LogP contribution in [0.5, 0.6) is 0 Å². The van der Waals surface area contributed by atoms with Crippen molar-refractivity contribution < 1.29 is 4.79 Å². The van der Waals surface area contributed by atoms with Crippen LogP contribution < -0.4 is 10.2 Å². The molecule has 0 unspecified atom stereocenters. The molecule has 0 aliphatic rings. The molecule has 0 atom stereocenters. The summed E-state index contributed by atoms with van der Waals surface area (Å²) in [6, 6.07) is 11.6. The molecule has 1 aromatic carbocycles. The molecule has 0 aliphatic carbocycles. The predicted molar refractivity (Wildman–Crippen MR) is 98.2 cm³/mol. The van der Waals surface area contributed by atoms with E-state index in [9.17, 15) is 4.79 Å². The second kappa shape index (κ2) is 8.43. The van der Waals surface area contributed by atoms with E-state index in [0.29, 0.717) is 11.5 Å². The second-order valence-corrected chi connectivity index (χ2v) is 6.20. The Balaban J connectivity index is 2.41. The molecule has 2 rings (SSSR count). The Hall–Kier alpha value is -2.43. The average Bonchev–Trinajstić information content (AvgIpc) is 2.59. The number of nitrogens with zero attached hydrogens (tertiary/aromatic N) is 3. The largest absolute Gasteiger partial charge is 0.360 e. The van der Waals surface area contributed by atoms with E-state index in [2.05, 4.69) is 27.1 Å². The second-order valence-electron chi connectivity index (χ2n) is 6.20. The summed E-state index contributed by atoms with van der Waals surface area (Å²) in [5.41, 5.74) is 1.30. The minimum Gasteiger partial charge on any atom is -0.360 e. The van der Waals surface area contributed by atoms with E-state index >= 15 is 0 Å². The smallest absolute Gasteiger partial charge is 0.270 e. The van der Waals surface area contributed by atoms with Crippen molar-refractivity contribution in [3.63, 3.8) is 0 Å². The molecule has 24 heavy (non-hydrogen) atoms. The number of benzene rings is 1. The lowest BCUT2D eigenvalue weighted by Gasteiger charge is -2.19. The van der Waals surface area contributed by atoms with Crippen LogP contribution in [-0.2, 0) is 0 Å². The number of rotatable bonds is 7. The highest BCUT2D eigenvalue weighted by atomic mass is 16.1. The third kappa shape index (κ3) is 4.78. The van der Waals surface area contributed by atoms with E-state index in [-0.39, 0.29) is 11.9 Å². The normalized spacial score (nSPS) is 10.7. The molecule has 0 fully saturated rings. The summed E-state index contributed by atoms with van der Waals surface area (Å²) in [5.74, 6) is 1.17. The molecule has 1 heterocycles. The van der Waals surface area contributed by atoms with Crippen molar-refractivity contribution in [1.29, 1.82) is 0 Å². The Bertz CT molecular complexity index is 670. The molecule has 128 valence electrons. The molecule has 0 aliphatic heterocycles. The maximum atomic E-state index is 12.4. The molecule has 1 aromatic heterocycles. The Kier molecular flexibility index (Phi) is 6.29. The van der Waals surface area contributed by atoms with Gasteiger partial charge >= 0.3 is 0 Å². The van der Waals surface area contributed by atoms with Crippen LogP contribution in [0, 0.1) is 0 Å². The predicted octanol–water partition coefficient (Wildman–Crippen LogP) is 3.52. The molecule has 0 radical (unpaired) electrons. The van der Waals surface area contributed by atoms with E-state index in [4.69, 9.17) is 0 Å². The fourth-order valence-electron chi connectivity index (χ4n) is 2.31. The average molecular weight is 326 g/mol. The maximum absolute atomic E-state index is 12.4. The number of carbonyl (C=O) groups is 1. The van der Waals surface area contributed by atoms with E-state index in [1.54, 1.807) is 6.07 Å². The SMILES string of the molecule is CCCCN(C)c1cc(C(=O)NC(C)C)nc(-c2ccccc2)n1. The number of carbonyl (C=O) groups excluding carboxylic acids is 1. The van der Waals surface area contributed by atoms with Gasteiger partial charge in [0.1, 0.15) is 11.5 Å². The minimum atomic E-state index is -0.172. The molecule has 0 bridgehead atoms. The van der Waals surface area contributed by atoms with Gasteiger partial charge in [0.2, 0.25) is 0 Å². The summed E-state index contributed by atoms with van der Waals surface area (Å²) < 4.78 is 0. The Morgan fingerprint density at radius 2 is 1.92 bits per heavy atom. The van der Waals surface area contributed by atoms with Crippen LogP contribution in [0.25, 0.3) is 11.4 Å². The summed E-state index contributed by atoms with van der Waals surface area (Å²) >= 11 is 0. The van der Waals surface area contributed by atoms with Crippen LogP contribution in [0.15, 0.2) is 36.4 Å². The van der Waals surface area contributed by atoms with Gasteiger partial charge in [-0.15, -0.1) is 0 Å². The number of hydrogen-bond acceptors (Lipinski definition) is 4. The number of unbranched alkanes of at least 4 members (excludes halogenated alkanes) is 1. The van der Waals surface area contributed by atoms with Crippen molar-refractivity contribution in [2.45, 2.75) is 39.7 Å². The molecule has 0 saturated carbocycles. The maximum Gasteiger partial charge on any atom is 0.270 e. The molecular weight excluding hydrogens is 300 g/mol. The lowest BCUT2D eigenvalue weighted by molar-refractivity contribution is 0.0938. The van der Waals surface area contributed by atoms with E-state index in [1.165, 1.54) is 0 Å². The van der Waals surface area contributed by atoms with Gasteiger partial charge in [-0.05, 0) is 20.3 Å². The topological polar surface area (TPSA) is 58.1 Å². The van der Waals surface area contributed by atoms with Crippen LogP contribution in [0.3, 0.4) is 0 Å². The summed E-state index contributed by atoms with van der Waals surface area (Å²) in [4.78, 5) is 23.6. The molecule has 5 heteroatoms. The van der Waals surface area contributed by atoms with Crippen molar-refractivity contribution in [1.82, 2.24) is 15.3 Å². The molecule has 1 N–H and O–H groups in total. The summed E-state index contributed by atoms with van der Waals surface area (Å²) in [6.45, 7) is 6.93. The van der Waals surface area contributed by atoms with Crippen LogP contribution >= 0.6 is 0 Å². The van der Waals surface area contributed by atoms with Gasteiger partial charge in [0.25, 0.3) is 5.91 Å². The first-order chi connectivity index (χ1) is 11.5. The zero-order valence-corrected chi connectivity index (χ0v) is 14.9. The molecule has 0 spiro atoms. The lowest BCUT2D eigenvalue weighted by atomic mass is 10.2. The van der Waals surface area contributed by atoms with Crippen LogP contribution in [0.4, 0.5) is 5.82 Å². The van der Waals surface area contributed by atoms with Gasteiger partial charge in [-0.3, -0.25) is 4.79 Å². The van der Waals surface area contributed by atoms with Gasteiger partial charge in [0.05, 0.1) is 0 Å². The summed E-state index contributed by atoms with van der Waals surface area (Å²) in [6.07, 6.45) is 2.19. The van der Waals surface area contributed by atoms with Gasteiger partial charge in [-0.25, -0.2) is 9.97 Å². The standard InChI is InChI=1S/C19H26N4O/c1-5-6-12-23(4)17-13-16(19(24)20-14(2)3)21-18(22-17)15-10-8-7-9-11-15/h7-11,13-14H,5-6,12H2,1-4H3,(H,20,24). The van der Waals surface area contributed by atoms with Crippen molar-refractivity contribution in [3.8, 4) is 11.4 Å². The molecule has 5 nitrogen and oxygen atoms in total. The first-order valence-electron chi connectivity index (χ1n) is 8.47. The third-order valence-electron chi connectivity index (χ3n) is 3.64. The number of aromatic nitrogens is 2. The fourth-order valence-corrected chi connectivity index (χ4v) is 2.31. The molecule has 0 saturated heterocycles.